The molecule has 134 valence electrons. The molecule has 0 amide bonds. The molecule has 1 aromatic carbocycles. The van der Waals surface area contributed by atoms with E-state index in [0.29, 0.717) is 11.5 Å². The van der Waals surface area contributed by atoms with Crippen molar-refractivity contribution in [3.63, 3.8) is 0 Å². The third kappa shape index (κ3) is 3.90. The van der Waals surface area contributed by atoms with E-state index >= 15 is 0 Å². The molecule has 0 radical (unpaired) electrons. The zero-order valence-corrected chi connectivity index (χ0v) is 14.7. The van der Waals surface area contributed by atoms with E-state index in [2.05, 4.69) is 4.98 Å². The first-order chi connectivity index (χ1) is 12.1. The first-order valence-electron chi connectivity index (χ1n) is 8.62. The first-order valence-corrected chi connectivity index (χ1v) is 8.62. The molecule has 1 aliphatic rings. The second kappa shape index (κ2) is 7.78. The molecule has 2 aromatic rings. The van der Waals surface area contributed by atoms with Crippen LogP contribution in [0.1, 0.15) is 30.3 Å². The molecule has 3 rings (SSSR count). The van der Waals surface area contributed by atoms with E-state index in [1.54, 1.807) is 24.4 Å². The number of nitrogens with zero attached hydrogens (tertiary/aromatic N) is 3. The molecule has 1 aliphatic heterocycles. The minimum Gasteiger partial charge on any atom is -0.468 e. The van der Waals surface area contributed by atoms with Crippen LogP contribution in [0.2, 0.25) is 0 Å². The molecule has 2 heterocycles. The molecule has 1 aromatic heterocycles. The summed E-state index contributed by atoms with van der Waals surface area (Å²) in [6, 6.07) is 5.74. The minimum atomic E-state index is -0.699. The van der Waals surface area contributed by atoms with E-state index < -0.39 is 12.0 Å². The number of benzene rings is 1. The number of likely N-dealkylation sites (tertiary alicyclic amines) is 1. The number of carbonyl (C=O) groups is 1. The molecule has 2 unspecified atom stereocenters. The van der Waals surface area contributed by atoms with Gasteiger partial charge in [-0.15, -0.1) is 0 Å². The molecule has 25 heavy (non-hydrogen) atoms. The molecule has 1 fully saturated rings. The van der Waals surface area contributed by atoms with Gasteiger partial charge in [0.2, 0.25) is 0 Å². The van der Waals surface area contributed by atoms with Crippen molar-refractivity contribution in [2.75, 3.05) is 20.2 Å². The summed E-state index contributed by atoms with van der Waals surface area (Å²) in [5.41, 5.74) is 0.381. The molecule has 6 heteroatoms. The maximum atomic E-state index is 14.3. The number of hydrogen-bond donors (Lipinski definition) is 0. The lowest BCUT2D eigenvalue weighted by Gasteiger charge is -2.37. The molecular formula is C19H24FN3O2. The molecular weight excluding hydrogens is 321 g/mol. The second-order valence-corrected chi connectivity index (χ2v) is 6.61. The van der Waals surface area contributed by atoms with Gasteiger partial charge in [-0.2, -0.15) is 0 Å². The smallest absolute Gasteiger partial charge is 0.327 e. The fraction of sp³-hybridized carbons (Fsp3) is 0.474. The second-order valence-electron chi connectivity index (χ2n) is 6.61. The molecule has 2 atom stereocenters. The summed E-state index contributed by atoms with van der Waals surface area (Å²) in [6.07, 6.45) is 6.63. The van der Waals surface area contributed by atoms with Crippen LogP contribution in [0.15, 0.2) is 36.7 Å². The largest absolute Gasteiger partial charge is 0.468 e. The van der Waals surface area contributed by atoms with Crippen LogP contribution in [-0.4, -0.2) is 40.6 Å². The predicted octanol–water partition coefficient (Wildman–Crippen LogP) is 2.73. The SMILES string of the molecule is COC(=O)C(c1ccccc1F)N1CCCC(Cc2nccn2C)C1. The highest BCUT2D eigenvalue weighted by Gasteiger charge is 2.34. The zero-order valence-electron chi connectivity index (χ0n) is 14.7. The third-order valence-corrected chi connectivity index (χ3v) is 4.93. The van der Waals surface area contributed by atoms with E-state index in [1.165, 1.54) is 13.2 Å². The summed E-state index contributed by atoms with van der Waals surface area (Å²) in [6.45, 7) is 1.48. The van der Waals surface area contributed by atoms with Gasteiger partial charge in [-0.25, -0.2) is 14.2 Å². The third-order valence-electron chi connectivity index (χ3n) is 4.93. The summed E-state index contributed by atoms with van der Waals surface area (Å²) in [4.78, 5) is 18.8. The Kier molecular flexibility index (Phi) is 5.48. The number of ether oxygens (including phenoxy) is 1. The Morgan fingerprint density at radius 3 is 2.92 bits per heavy atom. The Morgan fingerprint density at radius 2 is 2.24 bits per heavy atom. The van der Waals surface area contributed by atoms with Gasteiger partial charge in [-0.1, -0.05) is 18.2 Å². The van der Waals surface area contributed by atoms with Crippen LogP contribution in [0.3, 0.4) is 0 Å². The minimum absolute atomic E-state index is 0.371. The summed E-state index contributed by atoms with van der Waals surface area (Å²) in [7, 11) is 3.34. The van der Waals surface area contributed by atoms with E-state index in [9.17, 15) is 9.18 Å². The zero-order chi connectivity index (χ0) is 17.8. The molecule has 0 saturated carbocycles. The lowest BCUT2D eigenvalue weighted by Crippen LogP contribution is -2.42. The van der Waals surface area contributed by atoms with Crippen LogP contribution in [0.5, 0.6) is 0 Å². The maximum Gasteiger partial charge on any atom is 0.327 e. The van der Waals surface area contributed by atoms with Gasteiger partial charge in [0.15, 0.2) is 0 Å². The summed E-state index contributed by atoms with van der Waals surface area (Å²) < 4.78 is 21.3. The van der Waals surface area contributed by atoms with Gasteiger partial charge >= 0.3 is 5.97 Å². The van der Waals surface area contributed by atoms with Gasteiger partial charge in [0.25, 0.3) is 0 Å². The number of aromatic nitrogens is 2. The first kappa shape index (κ1) is 17.6. The van der Waals surface area contributed by atoms with Crippen LogP contribution < -0.4 is 0 Å². The molecule has 0 spiro atoms. The number of carbonyl (C=O) groups excluding carboxylic acids is 1. The highest BCUT2D eigenvalue weighted by Crippen LogP contribution is 2.30. The number of imidazole rings is 1. The molecule has 1 saturated heterocycles. The lowest BCUT2D eigenvalue weighted by atomic mass is 9.92. The topological polar surface area (TPSA) is 47.4 Å². The number of hydrogen-bond acceptors (Lipinski definition) is 4. The highest BCUT2D eigenvalue weighted by molar-refractivity contribution is 5.77. The van der Waals surface area contributed by atoms with Gasteiger partial charge < -0.3 is 9.30 Å². The number of methoxy groups -OCH3 is 1. The fourth-order valence-corrected chi connectivity index (χ4v) is 3.63. The van der Waals surface area contributed by atoms with Gasteiger partial charge in [0.1, 0.15) is 17.7 Å². The van der Waals surface area contributed by atoms with Crippen molar-refractivity contribution >= 4 is 5.97 Å². The lowest BCUT2D eigenvalue weighted by molar-refractivity contribution is -0.148. The average Bonchev–Trinajstić information content (AvgIpc) is 3.02. The Bertz CT molecular complexity index is 731. The summed E-state index contributed by atoms with van der Waals surface area (Å²) >= 11 is 0. The van der Waals surface area contributed by atoms with Crippen LogP contribution in [0.4, 0.5) is 4.39 Å². The molecule has 0 N–H and O–H groups in total. The monoisotopic (exact) mass is 345 g/mol. The number of aryl methyl sites for hydroxylation is 1. The van der Waals surface area contributed by atoms with Crippen molar-refractivity contribution in [2.24, 2.45) is 13.0 Å². The van der Waals surface area contributed by atoms with Crippen LogP contribution in [0, 0.1) is 11.7 Å². The Hall–Kier alpha value is -2.21. The molecule has 0 aliphatic carbocycles. The van der Waals surface area contributed by atoms with Gasteiger partial charge in [0.05, 0.1) is 7.11 Å². The van der Waals surface area contributed by atoms with Crippen molar-refractivity contribution in [3.8, 4) is 0 Å². The summed E-state index contributed by atoms with van der Waals surface area (Å²) in [5.74, 6) is 0.632. The van der Waals surface area contributed by atoms with E-state index in [-0.39, 0.29) is 5.82 Å². The quantitative estimate of drug-likeness (QED) is 0.782. The van der Waals surface area contributed by atoms with Crippen molar-refractivity contribution in [3.05, 3.63) is 53.9 Å². The van der Waals surface area contributed by atoms with E-state index in [1.807, 2.05) is 22.7 Å². The number of esters is 1. The molecule has 0 bridgehead atoms. The number of rotatable bonds is 5. The van der Waals surface area contributed by atoms with Crippen LogP contribution in [0.25, 0.3) is 0 Å². The van der Waals surface area contributed by atoms with Gasteiger partial charge in [-0.3, -0.25) is 4.90 Å². The predicted molar refractivity (Wildman–Crippen MR) is 92.4 cm³/mol. The Balaban J connectivity index is 1.80. The van der Waals surface area contributed by atoms with E-state index in [0.717, 1.165) is 38.2 Å². The Labute approximate surface area is 147 Å². The van der Waals surface area contributed by atoms with Crippen molar-refractivity contribution in [1.82, 2.24) is 14.5 Å². The number of halogens is 1. The fourth-order valence-electron chi connectivity index (χ4n) is 3.63. The maximum absolute atomic E-state index is 14.3. The summed E-state index contributed by atoms with van der Waals surface area (Å²) in [5, 5.41) is 0. The number of piperidine rings is 1. The molecule has 5 nitrogen and oxygen atoms in total. The van der Waals surface area contributed by atoms with Crippen molar-refractivity contribution in [2.45, 2.75) is 25.3 Å². The van der Waals surface area contributed by atoms with Crippen molar-refractivity contribution < 1.29 is 13.9 Å². The highest BCUT2D eigenvalue weighted by atomic mass is 19.1. The van der Waals surface area contributed by atoms with E-state index in [4.69, 9.17) is 4.74 Å². The van der Waals surface area contributed by atoms with Crippen molar-refractivity contribution in [1.29, 1.82) is 0 Å². The Morgan fingerprint density at radius 1 is 1.44 bits per heavy atom. The van der Waals surface area contributed by atoms with Crippen LogP contribution in [-0.2, 0) is 23.0 Å². The average molecular weight is 345 g/mol. The van der Waals surface area contributed by atoms with Crippen LogP contribution >= 0.6 is 0 Å². The van der Waals surface area contributed by atoms with Gasteiger partial charge in [-0.05, 0) is 31.4 Å². The standard InChI is InChI=1S/C19H24FN3O2/c1-22-11-9-21-17(22)12-14-6-5-10-23(13-14)18(19(24)25-2)15-7-3-4-8-16(15)20/h3-4,7-9,11,14,18H,5-6,10,12-13H2,1-2H3. The normalized spacial score (nSPS) is 19.6. The van der Waals surface area contributed by atoms with Gasteiger partial charge in [0, 0.05) is 38.0 Å².